The Bertz CT molecular complexity index is 1410. The SMILES string of the molecule is CC(C)[Si]C#Cc1cccc2cc3cc4cc5ccccc5cc4cc3cc12. The molecule has 132 valence electrons. The number of hydrogen-bond acceptors (Lipinski definition) is 0. The van der Waals surface area contributed by atoms with Crippen molar-refractivity contribution in [2.75, 3.05) is 0 Å². The van der Waals surface area contributed by atoms with Crippen LogP contribution in [0.25, 0.3) is 43.1 Å². The molecule has 0 saturated carbocycles. The van der Waals surface area contributed by atoms with E-state index in [0.717, 1.165) is 5.56 Å². The summed E-state index contributed by atoms with van der Waals surface area (Å²) in [5.41, 5.74) is 5.13. The molecule has 0 amide bonds. The quantitative estimate of drug-likeness (QED) is 0.167. The predicted molar refractivity (Wildman–Crippen MR) is 124 cm³/mol. The van der Waals surface area contributed by atoms with E-state index in [9.17, 15) is 0 Å². The lowest BCUT2D eigenvalue weighted by Gasteiger charge is -2.08. The number of benzene rings is 5. The van der Waals surface area contributed by atoms with Crippen molar-refractivity contribution < 1.29 is 0 Å². The van der Waals surface area contributed by atoms with Crippen molar-refractivity contribution in [2.45, 2.75) is 19.4 Å². The van der Waals surface area contributed by atoms with Gasteiger partial charge in [0.25, 0.3) is 0 Å². The molecule has 0 aliphatic heterocycles. The summed E-state index contributed by atoms with van der Waals surface area (Å²) in [6.45, 7) is 4.44. The number of fused-ring (bicyclic) bond motifs is 4. The van der Waals surface area contributed by atoms with Crippen molar-refractivity contribution in [2.24, 2.45) is 0 Å². The van der Waals surface area contributed by atoms with Crippen LogP contribution in [-0.2, 0) is 0 Å². The fourth-order valence-electron chi connectivity index (χ4n) is 3.83. The van der Waals surface area contributed by atoms with Crippen LogP contribution in [0.15, 0.2) is 78.9 Å². The number of hydrogen-bond donors (Lipinski definition) is 0. The van der Waals surface area contributed by atoms with E-state index in [-0.39, 0.29) is 0 Å². The molecule has 0 fully saturated rings. The van der Waals surface area contributed by atoms with Crippen molar-refractivity contribution in [1.82, 2.24) is 0 Å². The largest absolute Gasteiger partial charge is 0.151 e. The summed E-state index contributed by atoms with van der Waals surface area (Å²) in [7, 11) is 0.683. The first-order valence-electron chi connectivity index (χ1n) is 9.73. The van der Waals surface area contributed by atoms with Gasteiger partial charge in [0.2, 0.25) is 0 Å². The molecule has 0 aromatic heterocycles. The van der Waals surface area contributed by atoms with Crippen LogP contribution in [0.4, 0.5) is 0 Å². The second-order valence-electron chi connectivity index (χ2n) is 7.67. The van der Waals surface area contributed by atoms with Crippen molar-refractivity contribution in [3.8, 4) is 11.5 Å². The standard InChI is InChI=1S/C27H20Si/c1-18(2)28-11-10-19-8-5-9-22-14-25-15-23-12-20-6-3-4-7-21(20)13-24(23)16-26(25)17-27(19)22/h3-9,12-18H,1-2H3. The molecule has 5 aromatic rings. The van der Waals surface area contributed by atoms with E-state index in [2.05, 4.69) is 104 Å². The maximum absolute atomic E-state index is 3.41. The Morgan fingerprint density at radius 1 is 0.607 bits per heavy atom. The van der Waals surface area contributed by atoms with Crippen molar-refractivity contribution in [3.05, 3.63) is 84.4 Å². The van der Waals surface area contributed by atoms with Gasteiger partial charge < -0.3 is 0 Å². The molecule has 0 saturated heterocycles. The van der Waals surface area contributed by atoms with Crippen molar-refractivity contribution in [1.29, 1.82) is 0 Å². The molecule has 5 rings (SSSR count). The highest BCUT2D eigenvalue weighted by atomic mass is 28.2. The third-order valence-corrected chi connectivity index (χ3v) is 6.06. The molecule has 0 aliphatic rings. The maximum Gasteiger partial charge on any atom is 0.151 e. The maximum atomic E-state index is 3.41. The van der Waals surface area contributed by atoms with Gasteiger partial charge in [0, 0.05) is 5.56 Å². The number of rotatable bonds is 1. The van der Waals surface area contributed by atoms with Gasteiger partial charge >= 0.3 is 0 Å². The van der Waals surface area contributed by atoms with Crippen LogP contribution in [0.1, 0.15) is 19.4 Å². The molecule has 28 heavy (non-hydrogen) atoms. The Kier molecular flexibility index (Phi) is 4.15. The third kappa shape index (κ3) is 3.07. The van der Waals surface area contributed by atoms with Gasteiger partial charge in [-0.1, -0.05) is 56.2 Å². The monoisotopic (exact) mass is 372 g/mol. The molecular formula is C27H20Si. The normalized spacial score (nSPS) is 11.4. The van der Waals surface area contributed by atoms with Crippen LogP contribution >= 0.6 is 0 Å². The van der Waals surface area contributed by atoms with Crippen molar-refractivity contribution in [3.63, 3.8) is 0 Å². The first-order chi connectivity index (χ1) is 13.7. The van der Waals surface area contributed by atoms with E-state index >= 15 is 0 Å². The first-order valence-corrected chi connectivity index (χ1v) is 10.8. The predicted octanol–water partition coefficient (Wildman–Crippen LogP) is 7.14. The zero-order valence-corrected chi connectivity index (χ0v) is 17.1. The summed E-state index contributed by atoms with van der Waals surface area (Å²) >= 11 is 0. The molecular weight excluding hydrogens is 352 g/mol. The lowest BCUT2D eigenvalue weighted by atomic mass is 9.96. The summed E-state index contributed by atoms with van der Waals surface area (Å²) in [6, 6.07) is 28.8. The fourth-order valence-corrected chi connectivity index (χ4v) is 4.32. The molecule has 0 unspecified atom stereocenters. The van der Waals surface area contributed by atoms with Gasteiger partial charge in [-0.25, -0.2) is 0 Å². The molecule has 0 heterocycles. The van der Waals surface area contributed by atoms with Crippen LogP contribution in [0.2, 0.25) is 5.54 Å². The topological polar surface area (TPSA) is 0 Å². The van der Waals surface area contributed by atoms with Gasteiger partial charge in [0.15, 0.2) is 9.52 Å². The van der Waals surface area contributed by atoms with E-state index in [1.54, 1.807) is 0 Å². The zero-order chi connectivity index (χ0) is 19.1. The highest BCUT2D eigenvalue weighted by molar-refractivity contribution is 6.47. The van der Waals surface area contributed by atoms with Gasteiger partial charge in [-0.2, -0.15) is 0 Å². The molecule has 0 nitrogen and oxygen atoms in total. The van der Waals surface area contributed by atoms with E-state index in [1.165, 1.54) is 43.1 Å². The summed E-state index contributed by atoms with van der Waals surface area (Å²) in [5, 5.41) is 10.2. The Hall–Kier alpha value is -3.08. The minimum Gasteiger partial charge on any atom is -0.130 e. The summed E-state index contributed by atoms with van der Waals surface area (Å²) in [6.07, 6.45) is 0. The second kappa shape index (κ2) is 6.82. The fraction of sp³-hybridized carbons (Fsp3) is 0.111. The molecule has 0 atom stereocenters. The summed E-state index contributed by atoms with van der Waals surface area (Å²) < 4.78 is 0. The molecule has 5 aromatic carbocycles. The Balaban J connectivity index is 1.74. The highest BCUT2D eigenvalue weighted by Gasteiger charge is 2.05. The van der Waals surface area contributed by atoms with E-state index < -0.39 is 0 Å². The van der Waals surface area contributed by atoms with Gasteiger partial charge in [-0.05, 0) is 91.1 Å². The summed E-state index contributed by atoms with van der Waals surface area (Å²) in [4.78, 5) is 0. The van der Waals surface area contributed by atoms with Crippen LogP contribution < -0.4 is 0 Å². The zero-order valence-electron chi connectivity index (χ0n) is 16.1. The van der Waals surface area contributed by atoms with Gasteiger partial charge in [-0.15, -0.1) is 5.54 Å². The van der Waals surface area contributed by atoms with E-state index in [0.29, 0.717) is 15.1 Å². The Morgan fingerprint density at radius 3 is 1.79 bits per heavy atom. The molecule has 0 spiro atoms. The van der Waals surface area contributed by atoms with Gasteiger partial charge in [0.05, 0.1) is 0 Å². The van der Waals surface area contributed by atoms with Gasteiger partial charge in [0.1, 0.15) is 0 Å². The molecule has 1 heteroatoms. The smallest absolute Gasteiger partial charge is 0.130 e. The van der Waals surface area contributed by atoms with Crippen LogP contribution in [0.5, 0.6) is 0 Å². The lowest BCUT2D eigenvalue weighted by molar-refractivity contribution is 1.07. The molecule has 0 aliphatic carbocycles. The summed E-state index contributed by atoms with van der Waals surface area (Å²) in [5.74, 6) is 3.41. The third-order valence-electron chi connectivity index (χ3n) is 5.22. The molecule has 2 radical (unpaired) electrons. The van der Waals surface area contributed by atoms with Crippen LogP contribution in [0, 0.1) is 11.5 Å². The highest BCUT2D eigenvalue weighted by Crippen LogP contribution is 2.31. The van der Waals surface area contributed by atoms with Crippen LogP contribution in [0.3, 0.4) is 0 Å². The Labute approximate surface area is 168 Å². The average Bonchev–Trinajstić information content (AvgIpc) is 2.69. The van der Waals surface area contributed by atoms with Gasteiger partial charge in [-0.3, -0.25) is 0 Å². The molecule has 0 bridgehead atoms. The minimum atomic E-state index is 0.629. The van der Waals surface area contributed by atoms with E-state index in [4.69, 9.17) is 0 Å². The minimum absolute atomic E-state index is 0.629. The van der Waals surface area contributed by atoms with E-state index in [1.807, 2.05) is 0 Å². The first kappa shape index (κ1) is 17.0. The van der Waals surface area contributed by atoms with Crippen molar-refractivity contribution >= 4 is 52.6 Å². The second-order valence-corrected chi connectivity index (χ2v) is 9.37. The van der Waals surface area contributed by atoms with Crippen LogP contribution in [-0.4, -0.2) is 9.52 Å². The average molecular weight is 373 g/mol. The molecule has 0 N–H and O–H groups in total. The lowest BCUT2D eigenvalue weighted by Crippen LogP contribution is -1.90. The Morgan fingerprint density at radius 2 is 1.14 bits per heavy atom.